The highest BCUT2D eigenvalue weighted by molar-refractivity contribution is 7.92. The lowest BCUT2D eigenvalue weighted by atomic mass is 10.1. The average Bonchev–Trinajstić information content (AvgIpc) is 2.95. The smallest absolute Gasteiger partial charge is 0.264 e. The largest absolute Gasteiger partial charge is 0.279 e. The quantitative estimate of drug-likeness (QED) is 0.630. The molecule has 4 rings (SSSR count). The van der Waals surface area contributed by atoms with Crippen molar-refractivity contribution in [1.29, 1.82) is 0 Å². The van der Waals surface area contributed by atoms with E-state index in [1.807, 2.05) is 0 Å². The molecule has 3 aromatic rings. The Morgan fingerprint density at radius 1 is 0.966 bits per heavy atom. The Morgan fingerprint density at radius 2 is 1.72 bits per heavy atom. The van der Waals surface area contributed by atoms with Gasteiger partial charge in [-0.1, -0.05) is 23.7 Å². The second-order valence-electron chi connectivity index (χ2n) is 6.35. The number of pyridine rings is 1. The van der Waals surface area contributed by atoms with Gasteiger partial charge in [-0.2, -0.15) is 0 Å². The van der Waals surface area contributed by atoms with E-state index in [0.29, 0.717) is 10.6 Å². The SMILES string of the molecule is O=C1c2cccc(NS(=O)(=O)c3ccc(Cl)cc3)c2C(=O)N1Cc1cccnc1. The Labute approximate surface area is 172 Å². The summed E-state index contributed by atoms with van der Waals surface area (Å²) in [6.07, 6.45) is 3.16. The van der Waals surface area contributed by atoms with Gasteiger partial charge in [0.1, 0.15) is 0 Å². The van der Waals surface area contributed by atoms with Crippen molar-refractivity contribution in [3.05, 3.63) is 88.7 Å². The van der Waals surface area contributed by atoms with Gasteiger partial charge in [0.05, 0.1) is 28.3 Å². The fourth-order valence-electron chi connectivity index (χ4n) is 3.05. The number of fused-ring (bicyclic) bond motifs is 1. The summed E-state index contributed by atoms with van der Waals surface area (Å²) in [7, 11) is -3.97. The van der Waals surface area contributed by atoms with Crippen LogP contribution in [-0.4, -0.2) is 30.1 Å². The van der Waals surface area contributed by atoms with E-state index in [4.69, 9.17) is 11.6 Å². The lowest BCUT2D eigenvalue weighted by molar-refractivity contribution is 0.0642. The number of hydrogen-bond acceptors (Lipinski definition) is 5. The minimum absolute atomic E-state index is 0.0107. The molecule has 0 radical (unpaired) electrons. The van der Waals surface area contributed by atoms with Crippen molar-refractivity contribution in [3.8, 4) is 0 Å². The molecule has 1 N–H and O–H groups in total. The number of rotatable bonds is 5. The lowest BCUT2D eigenvalue weighted by Crippen LogP contribution is -2.29. The monoisotopic (exact) mass is 427 g/mol. The number of benzene rings is 2. The van der Waals surface area contributed by atoms with Crippen LogP contribution in [0, 0.1) is 0 Å². The van der Waals surface area contributed by atoms with Crippen molar-refractivity contribution >= 4 is 39.1 Å². The minimum Gasteiger partial charge on any atom is -0.279 e. The highest BCUT2D eigenvalue weighted by Crippen LogP contribution is 2.31. The number of aromatic nitrogens is 1. The molecular weight excluding hydrogens is 414 g/mol. The van der Waals surface area contributed by atoms with Crippen LogP contribution in [0.3, 0.4) is 0 Å². The Bertz CT molecular complexity index is 1210. The first-order valence-electron chi connectivity index (χ1n) is 8.53. The molecule has 0 saturated heterocycles. The van der Waals surface area contributed by atoms with E-state index >= 15 is 0 Å². The molecule has 1 aliphatic heterocycles. The van der Waals surface area contributed by atoms with E-state index in [9.17, 15) is 18.0 Å². The molecule has 9 heteroatoms. The summed E-state index contributed by atoms with van der Waals surface area (Å²) in [6, 6.07) is 13.6. The fourth-order valence-corrected chi connectivity index (χ4v) is 4.25. The molecule has 2 heterocycles. The van der Waals surface area contributed by atoms with Gasteiger partial charge in [-0.25, -0.2) is 8.42 Å². The normalized spacial score (nSPS) is 13.5. The van der Waals surface area contributed by atoms with Crippen LogP contribution < -0.4 is 4.72 Å². The average molecular weight is 428 g/mol. The summed E-state index contributed by atoms with van der Waals surface area (Å²) >= 11 is 5.81. The van der Waals surface area contributed by atoms with Crippen LogP contribution in [0.1, 0.15) is 26.3 Å². The van der Waals surface area contributed by atoms with Crippen molar-refractivity contribution in [2.75, 3.05) is 4.72 Å². The molecule has 0 atom stereocenters. The summed E-state index contributed by atoms with van der Waals surface area (Å²) < 4.78 is 27.8. The number of carbonyl (C=O) groups is 2. The molecular formula is C20H14ClN3O4S. The number of anilines is 1. The topological polar surface area (TPSA) is 96.4 Å². The van der Waals surface area contributed by atoms with Gasteiger partial charge < -0.3 is 0 Å². The van der Waals surface area contributed by atoms with E-state index in [1.165, 1.54) is 42.5 Å². The van der Waals surface area contributed by atoms with E-state index in [0.717, 1.165) is 4.90 Å². The Morgan fingerprint density at radius 3 is 2.41 bits per heavy atom. The minimum atomic E-state index is -3.97. The molecule has 2 aromatic carbocycles. The molecule has 0 spiro atoms. The van der Waals surface area contributed by atoms with Gasteiger partial charge in [-0.3, -0.25) is 24.2 Å². The second kappa shape index (κ2) is 7.31. The van der Waals surface area contributed by atoms with Crippen LogP contribution in [0.2, 0.25) is 5.02 Å². The number of nitrogens with one attached hydrogen (secondary N) is 1. The first kappa shape index (κ1) is 19.1. The van der Waals surface area contributed by atoms with Gasteiger partial charge in [0, 0.05) is 17.4 Å². The zero-order chi connectivity index (χ0) is 20.6. The highest BCUT2D eigenvalue weighted by atomic mass is 35.5. The van der Waals surface area contributed by atoms with Crippen molar-refractivity contribution in [1.82, 2.24) is 9.88 Å². The van der Waals surface area contributed by atoms with Crippen molar-refractivity contribution < 1.29 is 18.0 Å². The third kappa shape index (κ3) is 3.59. The van der Waals surface area contributed by atoms with E-state index < -0.39 is 21.8 Å². The van der Waals surface area contributed by atoms with Crippen LogP contribution in [0.15, 0.2) is 71.9 Å². The van der Waals surface area contributed by atoms with Crippen LogP contribution in [-0.2, 0) is 16.6 Å². The molecule has 0 aliphatic carbocycles. The van der Waals surface area contributed by atoms with Crippen LogP contribution in [0.5, 0.6) is 0 Å². The maximum atomic E-state index is 12.9. The van der Waals surface area contributed by atoms with Gasteiger partial charge in [-0.05, 0) is 48.0 Å². The Kier molecular flexibility index (Phi) is 4.81. The summed E-state index contributed by atoms with van der Waals surface area (Å²) in [5, 5.41) is 0.399. The standard InChI is InChI=1S/C20H14ClN3O4S/c21-14-6-8-15(9-7-14)29(27,28)23-17-5-1-4-16-18(17)20(26)24(19(16)25)12-13-3-2-10-22-11-13/h1-11,23H,12H2. The molecule has 0 bridgehead atoms. The Hall–Kier alpha value is -3.23. The molecule has 7 nitrogen and oxygen atoms in total. The number of amides is 2. The van der Waals surface area contributed by atoms with Crippen LogP contribution in [0.25, 0.3) is 0 Å². The first-order chi connectivity index (χ1) is 13.9. The van der Waals surface area contributed by atoms with Crippen LogP contribution in [0.4, 0.5) is 5.69 Å². The molecule has 146 valence electrons. The number of sulfonamides is 1. The third-order valence-electron chi connectivity index (χ3n) is 4.43. The van der Waals surface area contributed by atoms with Crippen molar-refractivity contribution in [3.63, 3.8) is 0 Å². The summed E-state index contributed by atoms with van der Waals surface area (Å²) in [5.74, 6) is -1.05. The van der Waals surface area contributed by atoms with Gasteiger partial charge in [-0.15, -0.1) is 0 Å². The number of imide groups is 1. The van der Waals surface area contributed by atoms with Crippen molar-refractivity contribution in [2.45, 2.75) is 11.4 Å². The maximum absolute atomic E-state index is 12.9. The molecule has 2 amide bonds. The fraction of sp³-hybridized carbons (Fsp3) is 0.0500. The zero-order valence-corrected chi connectivity index (χ0v) is 16.4. The van der Waals surface area contributed by atoms with Crippen molar-refractivity contribution in [2.24, 2.45) is 0 Å². The highest BCUT2D eigenvalue weighted by Gasteiger charge is 2.38. The molecule has 1 aliphatic rings. The molecule has 0 fully saturated rings. The molecule has 0 saturated carbocycles. The van der Waals surface area contributed by atoms with Gasteiger partial charge in [0.25, 0.3) is 21.8 Å². The number of halogens is 1. The summed E-state index contributed by atoms with van der Waals surface area (Å²) in [4.78, 5) is 30.7. The van der Waals surface area contributed by atoms with Gasteiger partial charge in [0.2, 0.25) is 0 Å². The molecule has 29 heavy (non-hydrogen) atoms. The summed E-state index contributed by atoms with van der Waals surface area (Å²) in [5.41, 5.74) is 0.906. The maximum Gasteiger partial charge on any atom is 0.264 e. The van der Waals surface area contributed by atoms with E-state index in [-0.39, 0.29) is 28.3 Å². The lowest BCUT2D eigenvalue weighted by Gasteiger charge is -2.14. The number of hydrogen-bond donors (Lipinski definition) is 1. The zero-order valence-electron chi connectivity index (χ0n) is 14.9. The predicted octanol–water partition coefficient (Wildman–Crippen LogP) is 3.33. The second-order valence-corrected chi connectivity index (χ2v) is 8.46. The van der Waals surface area contributed by atoms with Gasteiger partial charge >= 0.3 is 0 Å². The molecule has 0 unspecified atom stereocenters. The van der Waals surface area contributed by atoms with Crippen LogP contribution >= 0.6 is 11.6 Å². The number of carbonyl (C=O) groups excluding carboxylic acids is 2. The Balaban J connectivity index is 1.67. The van der Waals surface area contributed by atoms with E-state index in [1.54, 1.807) is 24.5 Å². The molecule has 1 aromatic heterocycles. The summed E-state index contributed by atoms with van der Waals surface area (Å²) in [6.45, 7) is 0.0452. The first-order valence-corrected chi connectivity index (χ1v) is 10.4. The number of nitrogens with zero attached hydrogens (tertiary/aromatic N) is 2. The third-order valence-corrected chi connectivity index (χ3v) is 6.06. The predicted molar refractivity (Wildman–Crippen MR) is 107 cm³/mol. The van der Waals surface area contributed by atoms with E-state index in [2.05, 4.69) is 9.71 Å². The van der Waals surface area contributed by atoms with Gasteiger partial charge in [0.15, 0.2) is 0 Å².